The van der Waals surface area contributed by atoms with Gasteiger partial charge in [-0.05, 0) is 113 Å². The molecule has 2 fully saturated rings. The first-order chi connectivity index (χ1) is 33.4. The zero-order chi connectivity index (χ0) is 47.2. The molecule has 0 radical (unpaired) electrons. The van der Waals surface area contributed by atoms with Gasteiger partial charge in [-0.2, -0.15) is 0 Å². The van der Waals surface area contributed by atoms with E-state index in [1.165, 1.54) is 41.5 Å². The lowest BCUT2D eigenvalue weighted by Crippen LogP contribution is -2.74. The second-order valence-electron chi connectivity index (χ2n) is 20.4. The van der Waals surface area contributed by atoms with Crippen molar-refractivity contribution in [3.63, 3.8) is 0 Å². The lowest BCUT2D eigenvalue weighted by molar-refractivity contribution is 0.488. The van der Waals surface area contributed by atoms with E-state index in [0.717, 1.165) is 108 Å². The number of para-hydroxylation sites is 4. The summed E-state index contributed by atoms with van der Waals surface area (Å²) in [5.41, 5.74) is 6.57. The topological polar surface area (TPSA) is 18.5 Å². The third kappa shape index (κ3) is 6.83. The zero-order valence-electron chi connectivity index (χ0n) is 41.3. The van der Waals surface area contributed by atoms with Crippen LogP contribution in [0.15, 0.2) is 182 Å². The van der Waals surface area contributed by atoms with Crippen molar-refractivity contribution in [3.8, 4) is 45.3 Å². The first-order valence-electron chi connectivity index (χ1n) is 25.7. The summed E-state index contributed by atoms with van der Waals surface area (Å²) in [6.07, 6.45) is 7.57. The van der Waals surface area contributed by atoms with E-state index in [-0.39, 0.29) is 0 Å². The summed E-state index contributed by atoms with van der Waals surface area (Å²) < 4.78 is 34.6. The normalized spacial score (nSPS) is 18.5. The van der Waals surface area contributed by atoms with Crippen molar-refractivity contribution >= 4 is 65.7 Å². The molecule has 0 saturated heterocycles. The van der Waals surface area contributed by atoms with Crippen LogP contribution in [0.4, 0.5) is 0 Å². The third-order valence-corrected chi connectivity index (χ3v) is 27.7. The van der Waals surface area contributed by atoms with Gasteiger partial charge in [0.2, 0.25) is 0 Å². The Kier molecular flexibility index (Phi) is 9.97. The quantitative estimate of drug-likeness (QED) is 0.112. The molecule has 0 unspecified atom stereocenters. The molecular weight excluding hydrogens is 861 g/mol. The van der Waals surface area contributed by atoms with Gasteiger partial charge in [0.15, 0.2) is 8.07 Å². The number of hydrogen-bond donors (Lipinski definition) is 0. The molecule has 4 aliphatic rings. The average Bonchev–Trinajstić information content (AvgIpc) is 4.04. The lowest BCUT2D eigenvalue weighted by atomic mass is 9.89. The molecule has 2 heterocycles. The Labute approximate surface area is 403 Å². The van der Waals surface area contributed by atoms with Crippen molar-refractivity contribution < 1.29 is 12.2 Å². The Morgan fingerprint density at radius 3 is 1.18 bits per heavy atom. The van der Waals surface area contributed by atoms with Gasteiger partial charge in [-0.1, -0.05) is 222 Å². The van der Waals surface area contributed by atoms with Gasteiger partial charge in [-0.25, -0.2) is 0 Å². The van der Waals surface area contributed by atoms with E-state index in [2.05, 4.69) is 208 Å². The standard InChI is InChI=1S/C62H60O2Si3/c1-65(2)57-33-17-15-31-55(57)63-61-51(29-19-35-59(61)65)53-41-47(37-39-49(53)43-21-11-12-22-43)67(45-25-7-5-8-26-45,46-27-9-6-10-28-46)48-38-40-50(44-23-13-14-24-44)54(42-48)52-30-20-36-60-62(52)64-56-32-16-18-34-58(56)66(60,3)4/h5-10,15-20,25-44H,11-14,21-24H2,1-4H3/i43D,44D. The van der Waals surface area contributed by atoms with Crippen LogP contribution in [0, 0.1) is 0 Å². The molecule has 0 N–H and O–H groups in total. The van der Waals surface area contributed by atoms with E-state index in [1.807, 2.05) is 0 Å². The van der Waals surface area contributed by atoms with Gasteiger partial charge in [-0.3, -0.25) is 0 Å². The molecule has 2 aliphatic carbocycles. The van der Waals surface area contributed by atoms with E-state index in [1.54, 1.807) is 0 Å². The van der Waals surface area contributed by atoms with Crippen molar-refractivity contribution in [2.75, 3.05) is 0 Å². The molecule has 0 atom stereocenters. The van der Waals surface area contributed by atoms with Crippen LogP contribution < -0.4 is 51.0 Å². The lowest BCUT2D eigenvalue weighted by Gasteiger charge is -2.37. The van der Waals surface area contributed by atoms with Crippen LogP contribution in [0.2, 0.25) is 26.2 Å². The van der Waals surface area contributed by atoms with Crippen molar-refractivity contribution in [1.82, 2.24) is 0 Å². The molecule has 67 heavy (non-hydrogen) atoms. The SMILES string of the molecule is [2H]C1(c2ccc([Si](c3ccccc3)(c3ccccc3)c3ccc(C4([2H])CCCC4)c(-c4cccc5c4Oc4ccccc4[Si]5(C)C)c3)cc2-c2cccc3c2Oc2ccccc2[Si]3(C)C)CCCC1. The third-order valence-electron chi connectivity index (χ3n) is 16.0. The Morgan fingerprint density at radius 1 is 0.388 bits per heavy atom. The van der Waals surface area contributed by atoms with Gasteiger partial charge >= 0.3 is 0 Å². The summed E-state index contributed by atoms with van der Waals surface area (Å²) in [6, 6.07) is 67.8. The molecule has 332 valence electrons. The van der Waals surface area contributed by atoms with Gasteiger partial charge in [0.05, 0.1) is 0 Å². The highest BCUT2D eigenvalue weighted by Crippen LogP contribution is 2.46. The van der Waals surface area contributed by atoms with Crippen LogP contribution in [-0.2, 0) is 0 Å². The number of ether oxygens (including phenoxy) is 2. The van der Waals surface area contributed by atoms with Crippen molar-refractivity contribution in [3.05, 3.63) is 193 Å². The van der Waals surface area contributed by atoms with Crippen LogP contribution in [0.3, 0.4) is 0 Å². The summed E-state index contributed by atoms with van der Waals surface area (Å²) in [5.74, 6) is 2.39. The Hall–Kier alpha value is -5.99. The number of rotatable bonds is 8. The molecular formula is C62H60O2Si3. The Bertz CT molecular complexity index is 3060. The molecule has 8 aromatic carbocycles. The fourth-order valence-electron chi connectivity index (χ4n) is 12.5. The van der Waals surface area contributed by atoms with E-state index in [0.29, 0.717) is 0 Å². The molecule has 8 aromatic rings. The maximum absolute atomic E-state index is 10.2. The van der Waals surface area contributed by atoms with Crippen LogP contribution in [-0.4, -0.2) is 24.2 Å². The number of hydrogen-bond acceptors (Lipinski definition) is 2. The van der Waals surface area contributed by atoms with Crippen LogP contribution in [0.25, 0.3) is 22.3 Å². The van der Waals surface area contributed by atoms with Gasteiger partial charge in [0.1, 0.15) is 39.1 Å². The second-order valence-corrected chi connectivity index (χ2v) is 32.9. The maximum atomic E-state index is 10.2. The summed E-state index contributed by atoms with van der Waals surface area (Å²) in [7, 11) is -7.55. The Morgan fingerprint density at radius 2 is 0.761 bits per heavy atom. The van der Waals surface area contributed by atoms with E-state index in [4.69, 9.17) is 9.47 Å². The predicted molar refractivity (Wildman–Crippen MR) is 290 cm³/mol. The van der Waals surface area contributed by atoms with E-state index >= 15 is 0 Å². The van der Waals surface area contributed by atoms with Gasteiger partial charge in [0, 0.05) is 13.9 Å². The van der Waals surface area contributed by atoms with Crippen molar-refractivity contribution in [2.45, 2.75) is 89.3 Å². The molecule has 2 nitrogen and oxygen atoms in total. The summed E-state index contributed by atoms with van der Waals surface area (Å²) >= 11 is 0. The molecule has 0 bridgehead atoms. The van der Waals surface area contributed by atoms with Crippen LogP contribution >= 0.6 is 0 Å². The van der Waals surface area contributed by atoms with E-state index in [9.17, 15) is 2.74 Å². The first kappa shape index (κ1) is 40.1. The van der Waals surface area contributed by atoms with Crippen LogP contribution in [0.5, 0.6) is 23.0 Å². The van der Waals surface area contributed by atoms with Gasteiger partial charge < -0.3 is 9.47 Å². The molecule has 2 saturated carbocycles. The summed E-state index contributed by atoms with van der Waals surface area (Å²) in [4.78, 5) is 0. The van der Waals surface area contributed by atoms with Crippen molar-refractivity contribution in [1.29, 1.82) is 0 Å². The van der Waals surface area contributed by atoms with Crippen LogP contribution in [0.1, 0.15) is 77.0 Å². The molecule has 0 spiro atoms. The van der Waals surface area contributed by atoms with Crippen molar-refractivity contribution in [2.24, 2.45) is 0 Å². The zero-order valence-corrected chi connectivity index (χ0v) is 42.3. The second kappa shape index (κ2) is 16.7. The monoisotopic (exact) mass is 922 g/mol. The molecule has 2 aliphatic heterocycles. The smallest absolute Gasteiger partial charge is 0.179 e. The highest BCUT2D eigenvalue weighted by atomic mass is 28.3. The highest BCUT2D eigenvalue weighted by molar-refractivity contribution is 7.20. The fourth-order valence-corrected chi connectivity index (χ4v) is 22.9. The Balaban J connectivity index is 1.16. The predicted octanol–water partition coefficient (Wildman–Crippen LogP) is 11.6. The number of fused-ring (bicyclic) bond motifs is 4. The average molecular weight is 923 g/mol. The fraction of sp³-hybridized carbons (Fsp3) is 0.226. The maximum Gasteiger partial charge on any atom is 0.179 e. The minimum atomic E-state index is -3.23. The first-order valence-corrected chi connectivity index (χ1v) is 32.7. The minimum absolute atomic E-state index is 0.708. The number of benzene rings is 8. The largest absolute Gasteiger partial charge is 0.457 e. The molecule has 5 heteroatoms. The van der Waals surface area contributed by atoms with Gasteiger partial charge in [-0.15, -0.1) is 0 Å². The molecule has 0 aromatic heterocycles. The minimum Gasteiger partial charge on any atom is -0.457 e. The summed E-state index contributed by atoms with van der Waals surface area (Å²) in [5, 5.41) is 10.4. The van der Waals surface area contributed by atoms with Gasteiger partial charge in [0.25, 0.3) is 0 Å². The summed E-state index contributed by atoms with van der Waals surface area (Å²) in [6.45, 7) is 9.80. The van der Waals surface area contributed by atoms with E-state index < -0.39 is 36.0 Å². The molecule has 12 rings (SSSR count). The highest BCUT2D eigenvalue weighted by Gasteiger charge is 2.45. The molecule has 0 amide bonds.